The third kappa shape index (κ3) is 3.20. The molecule has 0 aromatic heterocycles. The number of hydrogen-bond donors (Lipinski definition) is 3. The molecule has 0 aliphatic carbocycles. The van der Waals surface area contributed by atoms with Crippen molar-refractivity contribution in [3.8, 4) is 0 Å². The summed E-state index contributed by atoms with van der Waals surface area (Å²) < 4.78 is 0. The first-order valence-corrected chi connectivity index (χ1v) is 4.26. The molecule has 0 saturated carbocycles. The molecule has 0 radical (unpaired) electrons. The molecule has 5 heteroatoms. The Labute approximate surface area is 82.0 Å². The number of rotatable bonds is 4. The highest BCUT2D eigenvalue weighted by Crippen LogP contribution is 2.01. The SMILES string of the molecule is O=C(O)CCc1cccc(B(O)O)c1. The Kier molecular flexibility index (Phi) is 3.68. The van der Waals surface area contributed by atoms with E-state index >= 15 is 0 Å². The van der Waals surface area contributed by atoms with Gasteiger partial charge in [-0.2, -0.15) is 0 Å². The van der Waals surface area contributed by atoms with Crippen molar-refractivity contribution in [3.05, 3.63) is 29.8 Å². The molecule has 74 valence electrons. The number of hydrogen-bond acceptors (Lipinski definition) is 3. The maximum Gasteiger partial charge on any atom is 0.488 e. The van der Waals surface area contributed by atoms with E-state index in [1.807, 2.05) is 0 Å². The predicted molar refractivity (Wildman–Crippen MR) is 52.2 cm³/mol. The summed E-state index contributed by atoms with van der Waals surface area (Å²) in [5, 5.41) is 26.2. The third-order valence-corrected chi connectivity index (χ3v) is 1.88. The van der Waals surface area contributed by atoms with Gasteiger partial charge in [-0.15, -0.1) is 0 Å². The van der Waals surface area contributed by atoms with Crippen LogP contribution in [0.15, 0.2) is 24.3 Å². The zero-order valence-corrected chi connectivity index (χ0v) is 7.55. The van der Waals surface area contributed by atoms with Crippen molar-refractivity contribution in [2.45, 2.75) is 12.8 Å². The average Bonchev–Trinajstić information content (AvgIpc) is 2.15. The zero-order valence-electron chi connectivity index (χ0n) is 7.55. The minimum atomic E-state index is -1.50. The van der Waals surface area contributed by atoms with Crippen LogP contribution in [0.5, 0.6) is 0 Å². The van der Waals surface area contributed by atoms with Gasteiger partial charge in [0.25, 0.3) is 0 Å². The molecule has 0 amide bonds. The van der Waals surface area contributed by atoms with Crippen molar-refractivity contribution >= 4 is 18.6 Å². The van der Waals surface area contributed by atoms with E-state index in [4.69, 9.17) is 15.2 Å². The summed E-state index contributed by atoms with van der Waals surface area (Å²) in [7, 11) is -1.50. The molecule has 3 N–H and O–H groups in total. The van der Waals surface area contributed by atoms with E-state index in [1.54, 1.807) is 24.3 Å². The van der Waals surface area contributed by atoms with Crippen LogP contribution in [0.4, 0.5) is 0 Å². The van der Waals surface area contributed by atoms with Crippen LogP contribution >= 0.6 is 0 Å². The molecular formula is C9H11BO4. The molecule has 0 saturated heterocycles. The van der Waals surface area contributed by atoms with Gasteiger partial charge in [0.05, 0.1) is 0 Å². The summed E-state index contributed by atoms with van der Waals surface area (Å²) in [4.78, 5) is 10.3. The second-order valence-electron chi connectivity index (χ2n) is 3.01. The van der Waals surface area contributed by atoms with Gasteiger partial charge >= 0.3 is 13.1 Å². The molecule has 0 bridgehead atoms. The van der Waals surface area contributed by atoms with Gasteiger partial charge in [0.2, 0.25) is 0 Å². The van der Waals surface area contributed by atoms with Gasteiger partial charge in [-0.25, -0.2) is 0 Å². The summed E-state index contributed by atoms with van der Waals surface area (Å²) >= 11 is 0. The van der Waals surface area contributed by atoms with Crippen molar-refractivity contribution in [1.29, 1.82) is 0 Å². The molecule has 1 aromatic carbocycles. The van der Waals surface area contributed by atoms with E-state index in [9.17, 15) is 4.79 Å². The summed E-state index contributed by atoms with van der Waals surface area (Å²) in [6.45, 7) is 0. The lowest BCUT2D eigenvalue weighted by atomic mass is 9.79. The first-order valence-electron chi connectivity index (χ1n) is 4.26. The lowest BCUT2D eigenvalue weighted by Gasteiger charge is -2.02. The Balaban J connectivity index is 2.68. The zero-order chi connectivity index (χ0) is 10.6. The first-order chi connectivity index (χ1) is 6.59. The van der Waals surface area contributed by atoms with Crippen molar-refractivity contribution in [3.63, 3.8) is 0 Å². The van der Waals surface area contributed by atoms with E-state index in [-0.39, 0.29) is 6.42 Å². The van der Waals surface area contributed by atoms with E-state index in [0.717, 1.165) is 5.56 Å². The lowest BCUT2D eigenvalue weighted by molar-refractivity contribution is -0.136. The highest BCUT2D eigenvalue weighted by Gasteiger charge is 2.10. The number of benzene rings is 1. The highest BCUT2D eigenvalue weighted by molar-refractivity contribution is 6.58. The maximum absolute atomic E-state index is 10.3. The van der Waals surface area contributed by atoms with Gasteiger partial charge in [-0.3, -0.25) is 4.79 Å². The second-order valence-corrected chi connectivity index (χ2v) is 3.01. The van der Waals surface area contributed by atoms with Gasteiger partial charge in [0.1, 0.15) is 0 Å². The lowest BCUT2D eigenvalue weighted by Crippen LogP contribution is -2.29. The maximum atomic E-state index is 10.3. The molecule has 4 nitrogen and oxygen atoms in total. The Morgan fingerprint density at radius 2 is 2.07 bits per heavy atom. The van der Waals surface area contributed by atoms with Gasteiger partial charge in [-0.1, -0.05) is 24.3 Å². The standard InChI is InChI=1S/C9H11BO4/c11-9(12)5-4-7-2-1-3-8(6-7)10(13)14/h1-3,6,13-14H,4-5H2,(H,11,12). The smallest absolute Gasteiger partial charge is 0.481 e. The largest absolute Gasteiger partial charge is 0.488 e. The fourth-order valence-corrected chi connectivity index (χ4v) is 1.16. The van der Waals surface area contributed by atoms with Gasteiger partial charge < -0.3 is 15.2 Å². The molecule has 0 aliphatic heterocycles. The van der Waals surface area contributed by atoms with Crippen LogP contribution in [-0.2, 0) is 11.2 Å². The van der Waals surface area contributed by atoms with E-state index in [0.29, 0.717) is 11.9 Å². The molecule has 0 spiro atoms. The average molecular weight is 194 g/mol. The van der Waals surface area contributed by atoms with E-state index < -0.39 is 13.1 Å². The van der Waals surface area contributed by atoms with Crippen LogP contribution in [0, 0.1) is 0 Å². The number of aliphatic carboxylic acids is 1. The monoisotopic (exact) mass is 194 g/mol. The number of carboxylic acids is 1. The van der Waals surface area contributed by atoms with Gasteiger partial charge in [-0.05, 0) is 17.4 Å². The molecular weight excluding hydrogens is 183 g/mol. The molecule has 1 aromatic rings. The van der Waals surface area contributed by atoms with Crippen LogP contribution in [0.3, 0.4) is 0 Å². The van der Waals surface area contributed by atoms with Gasteiger partial charge in [0.15, 0.2) is 0 Å². The third-order valence-electron chi connectivity index (χ3n) is 1.88. The Morgan fingerprint density at radius 1 is 1.36 bits per heavy atom. The Bertz CT molecular complexity index is 324. The molecule has 1 rings (SSSR count). The molecule has 0 atom stereocenters. The number of aryl methyl sites for hydroxylation is 1. The molecule has 0 fully saturated rings. The summed E-state index contributed by atoms with van der Waals surface area (Å²) in [5.74, 6) is -0.861. The highest BCUT2D eigenvalue weighted by atomic mass is 16.4. The molecule has 0 heterocycles. The minimum Gasteiger partial charge on any atom is -0.481 e. The van der Waals surface area contributed by atoms with E-state index in [1.165, 1.54) is 0 Å². The van der Waals surface area contributed by atoms with Crippen molar-refractivity contribution in [1.82, 2.24) is 0 Å². The number of carbonyl (C=O) groups is 1. The normalized spacial score (nSPS) is 9.86. The van der Waals surface area contributed by atoms with E-state index in [2.05, 4.69) is 0 Å². The van der Waals surface area contributed by atoms with Crippen LogP contribution in [0.2, 0.25) is 0 Å². The van der Waals surface area contributed by atoms with Crippen LogP contribution < -0.4 is 5.46 Å². The summed E-state index contributed by atoms with van der Waals surface area (Å²) in [6.07, 6.45) is 0.445. The second kappa shape index (κ2) is 4.78. The van der Waals surface area contributed by atoms with Crippen molar-refractivity contribution < 1.29 is 19.9 Å². The fraction of sp³-hybridized carbons (Fsp3) is 0.222. The molecule has 0 unspecified atom stereocenters. The quantitative estimate of drug-likeness (QED) is 0.558. The minimum absolute atomic E-state index is 0.0466. The van der Waals surface area contributed by atoms with Gasteiger partial charge in [0, 0.05) is 6.42 Å². The fourth-order valence-electron chi connectivity index (χ4n) is 1.16. The van der Waals surface area contributed by atoms with Crippen molar-refractivity contribution in [2.24, 2.45) is 0 Å². The van der Waals surface area contributed by atoms with Crippen LogP contribution in [0.25, 0.3) is 0 Å². The summed E-state index contributed by atoms with van der Waals surface area (Å²) in [6, 6.07) is 6.60. The number of carboxylic acid groups (broad SMARTS) is 1. The molecule has 0 aliphatic rings. The van der Waals surface area contributed by atoms with Crippen molar-refractivity contribution in [2.75, 3.05) is 0 Å². The Hall–Kier alpha value is -1.33. The van der Waals surface area contributed by atoms with Crippen LogP contribution in [0.1, 0.15) is 12.0 Å². The topological polar surface area (TPSA) is 77.8 Å². The summed E-state index contributed by atoms with van der Waals surface area (Å²) in [5.41, 5.74) is 1.17. The Morgan fingerprint density at radius 3 is 2.64 bits per heavy atom. The first kappa shape index (κ1) is 10.8. The molecule has 14 heavy (non-hydrogen) atoms. The predicted octanol–water partition coefficient (Wildman–Crippen LogP) is -0.616. The van der Waals surface area contributed by atoms with Crippen LogP contribution in [-0.4, -0.2) is 28.2 Å².